The maximum absolute atomic E-state index is 13.6. The van der Waals surface area contributed by atoms with E-state index in [0.29, 0.717) is 16.3 Å². The second-order valence-corrected chi connectivity index (χ2v) is 8.24. The van der Waals surface area contributed by atoms with Crippen LogP contribution in [0.4, 0.5) is 11.4 Å². The molecular weight excluding hydrogens is 392 g/mol. The number of aryl methyl sites for hydroxylation is 1. The molecule has 1 aliphatic heterocycles. The molecule has 150 valence electrons. The molecule has 30 heavy (non-hydrogen) atoms. The van der Waals surface area contributed by atoms with Gasteiger partial charge in [-0.15, -0.1) is 0 Å². The molecule has 0 saturated carbocycles. The van der Waals surface area contributed by atoms with Crippen molar-refractivity contribution >= 4 is 35.0 Å². The van der Waals surface area contributed by atoms with Gasteiger partial charge < -0.3 is 4.90 Å². The molecular formula is C25H22N2O2S. The van der Waals surface area contributed by atoms with E-state index in [9.17, 15) is 9.59 Å². The summed E-state index contributed by atoms with van der Waals surface area (Å²) in [5.41, 5.74) is 3.83. The molecule has 1 heterocycles. The maximum atomic E-state index is 13.6. The molecule has 0 atom stereocenters. The third-order valence-electron chi connectivity index (χ3n) is 5.28. The zero-order chi connectivity index (χ0) is 21.3. The topological polar surface area (TPSA) is 40.6 Å². The maximum Gasteiger partial charge on any atom is 0.283 e. The summed E-state index contributed by atoms with van der Waals surface area (Å²) in [6.07, 6.45) is 0. The molecule has 0 bridgehead atoms. The monoisotopic (exact) mass is 414 g/mol. The predicted octanol–water partition coefficient (Wildman–Crippen LogP) is 5.32. The molecule has 0 N–H and O–H groups in total. The Labute approximate surface area is 180 Å². The van der Waals surface area contributed by atoms with Crippen LogP contribution in [0.1, 0.15) is 11.1 Å². The Balaban J connectivity index is 1.83. The predicted molar refractivity (Wildman–Crippen MR) is 123 cm³/mol. The SMILES string of the molecule is Cc1cccc(N2C(=O)C(Sc3ccccc3)=C(N(C)c3ccccc3)C2=O)c1C. The largest absolute Gasteiger partial charge is 0.339 e. The van der Waals surface area contributed by atoms with Gasteiger partial charge in [0.05, 0.1) is 5.69 Å². The second kappa shape index (κ2) is 8.20. The molecule has 4 nitrogen and oxygen atoms in total. The highest BCUT2D eigenvalue weighted by molar-refractivity contribution is 8.04. The minimum absolute atomic E-state index is 0.291. The van der Waals surface area contributed by atoms with Crippen molar-refractivity contribution in [3.05, 3.63) is 101 Å². The Morgan fingerprint density at radius 3 is 2.07 bits per heavy atom. The van der Waals surface area contributed by atoms with Crippen LogP contribution in [0.3, 0.4) is 0 Å². The number of amides is 2. The molecule has 0 fully saturated rings. The van der Waals surface area contributed by atoms with Crippen molar-refractivity contribution in [3.63, 3.8) is 0 Å². The van der Waals surface area contributed by atoms with E-state index < -0.39 is 0 Å². The van der Waals surface area contributed by atoms with Crippen molar-refractivity contribution in [3.8, 4) is 0 Å². The number of carbonyl (C=O) groups is 2. The number of para-hydroxylation sites is 1. The Morgan fingerprint density at radius 1 is 0.767 bits per heavy atom. The number of anilines is 2. The number of rotatable bonds is 5. The lowest BCUT2D eigenvalue weighted by molar-refractivity contribution is -0.120. The average Bonchev–Trinajstić information content (AvgIpc) is 3.00. The number of imide groups is 1. The fourth-order valence-corrected chi connectivity index (χ4v) is 4.50. The second-order valence-electron chi connectivity index (χ2n) is 7.15. The lowest BCUT2D eigenvalue weighted by atomic mass is 10.1. The van der Waals surface area contributed by atoms with Gasteiger partial charge in [-0.3, -0.25) is 9.59 Å². The van der Waals surface area contributed by atoms with Gasteiger partial charge in [0, 0.05) is 17.6 Å². The van der Waals surface area contributed by atoms with Crippen LogP contribution in [-0.4, -0.2) is 18.9 Å². The molecule has 0 spiro atoms. The van der Waals surface area contributed by atoms with Crippen molar-refractivity contribution in [2.45, 2.75) is 18.7 Å². The summed E-state index contributed by atoms with van der Waals surface area (Å²) in [4.78, 5) is 31.6. The van der Waals surface area contributed by atoms with Crippen molar-refractivity contribution in [2.24, 2.45) is 0 Å². The molecule has 3 aromatic carbocycles. The first-order valence-electron chi connectivity index (χ1n) is 9.70. The van der Waals surface area contributed by atoms with E-state index in [4.69, 9.17) is 0 Å². The van der Waals surface area contributed by atoms with Gasteiger partial charge in [0.15, 0.2) is 0 Å². The third kappa shape index (κ3) is 3.53. The smallest absolute Gasteiger partial charge is 0.283 e. The highest BCUT2D eigenvalue weighted by Crippen LogP contribution is 2.40. The zero-order valence-electron chi connectivity index (χ0n) is 17.1. The minimum atomic E-state index is -0.307. The zero-order valence-corrected chi connectivity index (χ0v) is 17.9. The number of likely N-dealkylation sites (N-methyl/N-ethyl adjacent to an activating group) is 1. The summed E-state index contributed by atoms with van der Waals surface area (Å²) in [5.74, 6) is -0.598. The number of carbonyl (C=O) groups excluding carboxylic acids is 2. The van der Waals surface area contributed by atoms with Crippen LogP contribution in [0.15, 0.2) is 94.4 Å². The van der Waals surface area contributed by atoms with Crippen LogP contribution in [0.25, 0.3) is 0 Å². The van der Waals surface area contributed by atoms with Crippen molar-refractivity contribution in [2.75, 3.05) is 16.8 Å². The lowest BCUT2D eigenvalue weighted by Gasteiger charge is -2.22. The van der Waals surface area contributed by atoms with Crippen molar-refractivity contribution in [1.29, 1.82) is 0 Å². The van der Waals surface area contributed by atoms with E-state index in [2.05, 4.69) is 0 Å². The Kier molecular flexibility index (Phi) is 5.46. The highest BCUT2D eigenvalue weighted by Gasteiger charge is 2.42. The van der Waals surface area contributed by atoms with E-state index >= 15 is 0 Å². The standard InChI is InChI=1S/C25H22N2O2S/c1-17-11-10-16-21(18(17)2)27-24(28)22(26(3)19-12-6-4-7-13-19)23(25(27)29)30-20-14-8-5-9-15-20/h4-16H,1-3H3. The summed E-state index contributed by atoms with van der Waals surface area (Å²) in [6.45, 7) is 3.92. The summed E-state index contributed by atoms with van der Waals surface area (Å²) >= 11 is 1.33. The van der Waals surface area contributed by atoms with Crippen molar-refractivity contribution in [1.82, 2.24) is 0 Å². The first-order chi connectivity index (χ1) is 14.5. The molecule has 0 aromatic heterocycles. The summed E-state index contributed by atoms with van der Waals surface area (Å²) in [6, 6.07) is 25.0. The molecule has 5 heteroatoms. The molecule has 1 aliphatic rings. The van der Waals surface area contributed by atoms with Crippen LogP contribution in [-0.2, 0) is 9.59 Å². The van der Waals surface area contributed by atoms with Crippen LogP contribution in [0, 0.1) is 13.8 Å². The number of hydrogen-bond acceptors (Lipinski definition) is 4. The Morgan fingerprint density at radius 2 is 1.40 bits per heavy atom. The van der Waals surface area contributed by atoms with Crippen molar-refractivity contribution < 1.29 is 9.59 Å². The number of thioether (sulfide) groups is 1. The summed E-state index contributed by atoms with van der Waals surface area (Å²) < 4.78 is 0. The molecule has 0 radical (unpaired) electrons. The van der Waals surface area contributed by atoms with Gasteiger partial charge in [-0.25, -0.2) is 4.90 Å². The van der Waals surface area contributed by atoms with E-state index in [0.717, 1.165) is 21.7 Å². The van der Waals surface area contributed by atoms with Crippen LogP contribution in [0.5, 0.6) is 0 Å². The Hall–Kier alpha value is -3.31. The van der Waals surface area contributed by atoms with Crippen LogP contribution < -0.4 is 9.80 Å². The van der Waals surface area contributed by atoms with E-state index in [1.165, 1.54) is 16.7 Å². The molecule has 4 rings (SSSR count). The molecule has 0 unspecified atom stereocenters. The molecule has 2 amide bonds. The number of nitrogens with zero attached hydrogens (tertiary/aromatic N) is 2. The normalized spacial score (nSPS) is 13.9. The van der Waals surface area contributed by atoms with Gasteiger partial charge >= 0.3 is 0 Å². The van der Waals surface area contributed by atoms with Gasteiger partial charge in [0.25, 0.3) is 11.8 Å². The third-order valence-corrected chi connectivity index (χ3v) is 6.36. The molecule has 3 aromatic rings. The number of hydrogen-bond donors (Lipinski definition) is 0. The van der Waals surface area contributed by atoms with E-state index in [-0.39, 0.29) is 11.8 Å². The van der Waals surface area contributed by atoms with Gasteiger partial charge in [-0.05, 0) is 55.3 Å². The van der Waals surface area contributed by atoms with Gasteiger partial charge in [0.1, 0.15) is 10.6 Å². The summed E-state index contributed by atoms with van der Waals surface area (Å²) in [7, 11) is 1.83. The van der Waals surface area contributed by atoms with Gasteiger partial charge in [-0.1, -0.05) is 60.3 Å². The quantitative estimate of drug-likeness (QED) is 0.530. The first kappa shape index (κ1) is 20.0. The molecule has 0 aliphatic carbocycles. The fraction of sp³-hybridized carbons (Fsp3) is 0.120. The van der Waals surface area contributed by atoms with E-state index in [1.807, 2.05) is 99.8 Å². The average molecular weight is 415 g/mol. The number of benzene rings is 3. The summed E-state index contributed by atoms with van der Waals surface area (Å²) in [5, 5.41) is 0. The van der Waals surface area contributed by atoms with E-state index in [1.54, 1.807) is 4.90 Å². The fourth-order valence-electron chi connectivity index (χ4n) is 3.47. The van der Waals surface area contributed by atoms with Crippen LogP contribution in [0.2, 0.25) is 0 Å². The van der Waals surface area contributed by atoms with Gasteiger partial charge in [-0.2, -0.15) is 0 Å². The highest BCUT2D eigenvalue weighted by atomic mass is 32.2. The first-order valence-corrected chi connectivity index (χ1v) is 10.5. The lowest BCUT2D eigenvalue weighted by Crippen LogP contribution is -2.34. The van der Waals surface area contributed by atoms with Crippen LogP contribution >= 0.6 is 11.8 Å². The minimum Gasteiger partial charge on any atom is -0.339 e. The van der Waals surface area contributed by atoms with Gasteiger partial charge in [0.2, 0.25) is 0 Å². The Bertz CT molecular complexity index is 1140. The molecule has 0 saturated heterocycles.